The summed E-state index contributed by atoms with van der Waals surface area (Å²) >= 11 is 0. The third-order valence-corrected chi connectivity index (χ3v) is 5.66. The van der Waals surface area contributed by atoms with Gasteiger partial charge in [0.1, 0.15) is 6.54 Å². The van der Waals surface area contributed by atoms with Crippen LogP contribution in [0, 0.1) is 11.8 Å². The van der Waals surface area contributed by atoms with Crippen LogP contribution in [0.3, 0.4) is 0 Å². The molecule has 1 heterocycles. The van der Waals surface area contributed by atoms with Crippen molar-refractivity contribution < 1.29 is 14.4 Å². The number of carbonyl (C=O) groups excluding carboxylic acids is 3. The van der Waals surface area contributed by atoms with Crippen LogP contribution in [0.2, 0.25) is 0 Å². The molecule has 6 heteroatoms. The monoisotopic (exact) mass is 371 g/mol. The number of para-hydroxylation sites is 1. The topological polar surface area (TPSA) is 69.7 Å². The van der Waals surface area contributed by atoms with E-state index in [2.05, 4.69) is 29.3 Å². The highest BCUT2D eigenvalue weighted by molar-refractivity contribution is 6.07. The maximum atomic E-state index is 12.4. The molecule has 27 heavy (non-hydrogen) atoms. The third-order valence-electron chi connectivity index (χ3n) is 5.66. The molecule has 1 aromatic carbocycles. The van der Waals surface area contributed by atoms with Crippen LogP contribution in [0.4, 0.5) is 5.69 Å². The smallest absolute Gasteiger partial charge is 0.240 e. The molecule has 3 rings (SSSR count). The highest BCUT2D eigenvalue weighted by atomic mass is 16.2. The Labute approximate surface area is 160 Å². The summed E-state index contributed by atoms with van der Waals surface area (Å²) in [7, 11) is 0. The second kappa shape index (κ2) is 9.02. The number of carbonyl (C=O) groups is 3. The van der Waals surface area contributed by atoms with Crippen molar-refractivity contribution in [2.45, 2.75) is 39.0 Å². The van der Waals surface area contributed by atoms with Crippen LogP contribution in [0.25, 0.3) is 0 Å². The number of amides is 3. The van der Waals surface area contributed by atoms with E-state index < -0.39 is 0 Å². The second-order valence-corrected chi connectivity index (χ2v) is 7.38. The molecule has 2 fully saturated rings. The van der Waals surface area contributed by atoms with Gasteiger partial charge in [0.2, 0.25) is 17.7 Å². The quantitative estimate of drug-likeness (QED) is 0.562. The van der Waals surface area contributed by atoms with Gasteiger partial charge >= 0.3 is 0 Å². The summed E-state index contributed by atoms with van der Waals surface area (Å²) < 4.78 is 0. The third kappa shape index (κ3) is 4.49. The second-order valence-electron chi connectivity index (χ2n) is 7.38. The summed E-state index contributed by atoms with van der Waals surface area (Å²) in [6.45, 7) is 4.24. The summed E-state index contributed by atoms with van der Waals surface area (Å²) in [5.74, 6) is -0.939. The first kappa shape index (κ1) is 19.4. The van der Waals surface area contributed by atoms with Crippen LogP contribution in [0.5, 0.6) is 0 Å². The van der Waals surface area contributed by atoms with Gasteiger partial charge in [0.05, 0.1) is 11.8 Å². The molecule has 0 spiro atoms. The number of rotatable bonds is 8. The molecule has 1 saturated heterocycles. The van der Waals surface area contributed by atoms with Crippen molar-refractivity contribution in [3.8, 4) is 0 Å². The Bertz CT molecular complexity index is 653. The van der Waals surface area contributed by atoms with Gasteiger partial charge < -0.3 is 10.2 Å². The molecule has 146 valence electrons. The van der Waals surface area contributed by atoms with Crippen molar-refractivity contribution in [1.82, 2.24) is 10.2 Å². The predicted octanol–water partition coefficient (Wildman–Crippen LogP) is 2.19. The molecule has 1 aliphatic carbocycles. The first-order valence-electron chi connectivity index (χ1n) is 10.0. The fourth-order valence-electron chi connectivity index (χ4n) is 4.19. The number of anilines is 1. The van der Waals surface area contributed by atoms with E-state index in [-0.39, 0.29) is 36.1 Å². The molecule has 3 amide bonds. The lowest BCUT2D eigenvalue weighted by Crippen LogP contribution is -2.41. The lowest BCUT2D eigenvalue weighted by atomic mass is 9.81. The molecule has 1 aliphatic heterocycles. The minimum atomic E-state index is -0.252. The molecule has 0 aromatic heterocycles. The van der Waals surface area contributed by atoms with Crippen molar-refractivity contribution in [3.63, 3.8) is 0 Å². The number of hydrogen-bond donors (Lipinski definition) is 1. The van der Waals surface area contributed by atoms with Crippen molar-refractivity contribution >= 4 is 23.4 Å². The summed E-state index contributed by atoms with van der Waals surface area (Å²) in [5.41, 5.74) is 1.17. The minimum absolute atomic E-state index is 0.138. The number of fused-ring (bicyclic) bond motifs is 1. The zero-order valence-electron chi connectivity index (χ0n) is 16.0. The number of likely N-dealkylation sites (tertiary alicyclic amines) is 1. The van der Waals surface area contributed by atoms with Gasteiger partial charge in [-0.25, -0.2) is 0 Å². The predicted molar refractivity (Wildman–Crippen MR) is 104 cm³/mol. The van der Waals surface area contributed by atoms with Gasteiger partial charge in [0, 0.05) is 25.3 Å². The van der Waals surface area contributed by atoms with Gasteiger partial charge in [0.25, 0.3) is 0 Å². The number of nitrogens with one attached hydrogen (secondary N) is 1. The van der Waals surface area contributed by atoms with Gasteiger partial charge in [0.15, 0.2) is 0 Å². The SMILES string of the molecule is CCN(CCCNC(=O)CN1C(=O)[C@H]2CCCC[C@H]2C1=O)c1ccccc1. The van der Waals surface area contributed by atoms with Gasteiger partial charge in [-0.05, 0) is 38.3 Å². The Kier molecular flexibility index (Phi) is 6.48. The van der Waals surface area contributed by atoms with Crippen molar-refractivity contribution in [2.75, 3.05) is 31.1 Å². The average Bonchev–Trinajstić information content (AvgIpc) is 2.94. The minimum Gasteiger partial charge on any atom is -0.372 e. The number of nitrogens with zero attached hydrogens (tertiary/aromatic N) is 2. The van der Waals surface area contributed by atoms with E-state index in [9.17, 15) is 14.4 Å². The molecule has 1 N–H and O–H groups in total. The molecule has 0 unspecified atom stereocenters. The van der Waals surface area contributed by atoms with E-state index in [0.717, 1.165) is 45.2 Å². The van der Waals surface area contributed by atoms with Crippen LogP contribution in [-0.4, -0.2) is 48.8 Å². The Morgan fingerprint density at radius 3 is 2.33 bits per heavy atom. The van der Waals surface area contributed by atoms with Crippen molar-refractivity contribution in [1.29, 1.82) is 0 Å². The molecule has 1 saturated carbocycles. The molecule has 0 bridgehead atoms. The highest BCUT2D eigenvalue weighted by Gasteiger charge is 2.48. The van der Waals surface area contributed by atoms with Crippen LogP contribution in [-0.2, 0) is 14.4 Å². The summed E-state index contributed by atoms with van der Waals surface area (Å²) in [6, 6.07) is 10.2. The Morgan fingerprint density at radius 2 is 1.74 bits per heavy atom. The molecule has 1 aromatic rings. The normalized spacial score (nSPS) is 21.9. The van der Waals surface area contributed by atoms with Gasteiger partial charge in [-0.1, -0.05) is 31.0 Å². The van der Waals surface area contributed by atoms with Crippen LogP contribution in [0.15, 0.2) is 30.3 Å². The van der Waals surface area contributed by atoms with Crippen LogP contribution < -0.4 is 10.2 Å². The van der Waals surface area contributed by atoms with E-state index in [1.54, 1.807) is 0 Å². The van der Waals surface area contributed by atoms with E-state index >= 15 is 0 Å². The van der Waals surface area contributed by atoms with E-state index in [4.69, 9.17) is 0 Å². The molecular formula is C21H29N3O3. The summed E-state index contributed by atoms with van der Waals surface area (Å²) in [6.07, 6.45) is 4.35. The van der Waals surface area contributed by atoms with Crippen molar-refractivity contribution in [3.05, 3.63) is 30.3 Å². The Hall–Kier alpha value is -2.37. The largest absolute Gasteiger partial charge is 0.372 e. The fraction of sp³-hybridized carbons (Fsp3) is 0.571. The Balaban J connectivity index is 1.42. The zero-order valence-corrected chi connectivity index (χ0v) is 16.0. The van der Waals surface area contributed by atoms with E-state index in [0.29, 0.717) is 6.54 Å². The number of benzene rings is 1. The summed E-state index contributed by atoms with van der Waals surface area (Å²) in [4.78, 5) is 40.5. The lowest BCUT2D eigenvalue weighted by molar-refractivity contribution is -0.143. The van der Waals surface area contributed by atoms with Crippen LogP contribution in [0.1, 0.15) is 39.0 Å². The molecule has 2 aliphatic rings. The standard InChI is InChI=1S/C21H29N3O3/c1-2-23(16-9-4-3-5-10-16)14-8-13-22-19(25)15-24-20(26)17-11-6-7-12-18(17)21(24)27/h3-5,9-10,17-18H,2,6-8,11-15H2,1H3,(H,22,25)/t17-,18+. The first-order valence-corrected chi connectivity index (χ1v) is 10.0. The van der Waals surface area contributed by atoms with E-state index in [1.807, 2.05) is 18.2 Å². The molecule has 2 atom stereocenters. The summed E-state index contributed by atoms with van der Waals surface area (Å²) in [5, 5.41) is 2.85. The number of hydrogen-bond acceptors (Lipinski definition) is 4. The number of imide groups is 1. The molecule has 6 nitrogen and oxygen atoms in total. The Morgan fingerprint density at radius 1 is 1.11 bits per heavy atom. The first-order chi connectivity index (χ1) is 13.1. The average molecular weight is 371 g/mol. The van der Waals surface area contributed by atoms with Gasteiger partial charge in [-0.15, -0.1) is 0 Å². The highest BCUT2D eigenvalue weighted by Crippen LogP contribution is 2.37. The maximum Gasteiger partial charge on any atom is 0.240 e. The van der Waals surface area contributed by atoms with Gasteiger partial charge in [-0.2, -0.15) is 0 Å². The van der Waals surface area contributed by atoms with Crippen LogP contribution >= 0.6 is 0 Å². The molecule has 0 radical (unpaired) electrons. The lowest BCUT2D eigenvalue weighted by Gasteiger charge is -2.23. The fourth-order valence-corrected chi connectivity index (χ4v) is 4.19. The molecular weight excluding hydrogens is 342 g/mol. The van der Waals surface area contributed by atoms with E-state index in [1.165, 1.54) is 10.6 Å². The zero-order chi connectivity index (χ0) is 19.2. The van der Waals surface area contributed by atoms with Gasteiger partial charge in [-0.3, -0.25) is 19.3 Å². The van der Waals surface area contributed by atoms with Crippen molar-refractivity contribution in [2.24, 2.45) is 11.8 Å². The maximum absolute atomic E-state index is 12.4.